The van der Waals surface area contributed by atoms with Gasteiger partial charge in [0.05, 0.1) is 13.0 Å². The molecule has 2 N–H and O–H groups in total. The molecule has 0 spiro atoms. The van der Waals surface area contributed by atoms with Gasteiger partial charge in [-0.25, -0.2) is 0 Å². The van der Waals surface area contributed by atoms with E-state index >= 15 is 0 Å². The van der Waals surface area contributed by atoms with Crippen LogP contribution in [0.2, 0.25) is 0 Å². The first-order valence-electron chi connectivity index (χ1n) is 9.96. The molecule has 7 nitrogen and oxygen atoms in total. The van der Waals surface area contributed by atoms with Gasteiger partial charge in [0.15, 0.2) is 11.5 Å². The molecule has 0 radical (unpaired) electrons. The Labute approximate surface area is 170 Å². The Morgan fingerprint density at radius 2 is 1.48 bits per heavy atom. The zero-order valence-electron chi connectivity index (χ0n) is 16.3. The third-order valence-electron chi connectivity index (χ3n) is 5.07. The van der Waals surface area contributed by atoms with Crippen molar-refractivity contribution in [2.75, 3.05) is 37.1 Å². The number of carbonyl (C=O) groups is 2. The molecule has 2 aliphatic heterocycles. The van der Waals surface area contributed by atoms with Gasteiger partial charge in [0.1, 0.15) is 0 Å². The van der Waals surface area contributed by atoms with Gasteiger partial charge in [0.2, 0.25) is 18.6 Å². The lowest BCUT2D eigenvalue weighted by molar-refractivity contribution is -0.117. The molecule has 152 valence electrons. The molecule has 0 saturated carbocycles. The number of rotatable bonds is 6. The van der Waals surface area contributed by atoms with E-state index in [0.29, 0.717) is 23.7 Å². The minimum absolute atomic E-state index is 0.00788. The molecule has 2 aliphatic rings. The van der Waals surface area contributed by atoms with Gasteiger partial charge < -0.3 is 20.1 Å². The Morgan fingerprint density at radius 3 is 2.21 bits per heavy atom. The molecule has 2 amide bonds. The Kier molecular flexibility index (Phi) is 5.95. The van der Waals surface area contributed by atoms with E-state index in [0.717, 1.165) is 37.2 Å². The van der Waals surface area contributed by atoms with Gasteiger partial charge in [0, 0.05) is 11.4 Å². The van der Waals surface area contributed by atoms with E-state index in [1.165, 1.54) is 6.42 Å². The van der Waals surface area contributed by atoms with Crippen molar-refractivity contribution < 1.29 is 19.1 Å². The first-order chi connectivity index (χ1) is 14.2. The SMILES string of the molecule is O=C(Cc1ccc2c(c1)OCO2)Nc1ccc(NC(=O)CN2CCCCC2)cc1. The molecule has 2 aromatic rings. The fourth-order valence-corrected chi connectivity index (χ4v) is 3.60. The summed E-state index contributed by atoms with van der Waals surface area (Å²) in [6.07, 6.45) is 3.81. The number of piperidine rings is 1. The number of hydrogen-bond acceptors (Lipinski definition) is 5. The first-order valence-corrected chi connectivity index (χ1v) is 9.96. The maximum absolute atomic E-state index is 12.3. The molecular weight excluding hydrogens is 370 g/mol. The van der Waals surface area contributed by atoms with Gasteiger partial charge in [-0.3, -0.25) is 14.5 Å². The van der Waals surface area contributed by atoms with Gasteiger partial charge in [0.25, 0.3) is 0 Å². The lowest BCUT2D eigenvalue weighted by Crippen LogP contribution is -2.36. The highest BCUT2D eigenvalue weighted by atomic mass is 16.7. The summed E-state index contributed by atoms with van der Waals surface area (Å²) in [6, 6.07) is 12.7. The number of amides is 2. The zero-order chi connectivity index (χ0) is 20.1. The predicted molar refractivity (Wildman–Crippen MR) is 110 cm³/mol. The highest BCUT2D eigenvalue weighted by Crippen LogP contribution is 2.32. The number of fused-ring (bicyclic) bond motifs is 1. The Balaban J connectivity index is 1.26. The Morgan fingerprint density at radius 1 is 0.828 bits per heavy atom. The van der Waals surface area contributed by atoms with Crippen molar-refractivity contribution in [3.05, 3.63) is 48.0 Å². The molecule has 0 unspecified atom stereocenters. The topological polar surface area (TPSA) is 79.9 Å². The van der Waals surface area contributed by atoms with Crippen LogP contribution in [-0.4, -0.2) is 43.1 Å². The number of benzene rings is 2. The maximum atomic E-state index is 12.3. The molecule has 0 atom stereocenters. The van der Waals surface area contributed by atoms with Crippen LogP contribution < -0.4 is 20.1 Å². The van der Waals surface area contributed by atoms with Crippen molar-refractivity contribution >= 4 is 23.2 Å². The van der Waals surface area contributed by atoms with Crippen molar-refractivity contribution in [1.29, 1.82) is 0 Å². The molecule has 0 aromatic heterocycles. The standard InChI is InChI=1S/C22H25N3O4/c26-21(13-16-4-9-19-20(12-16)29-15-28-19)23-17-5-7-18(8-6-17)24-22(27)14-25-10-2-1-3-11-25/h4-9,12H,1-3,10-11,13-15H2,(H,23,26)(H,24,27). The van der Waals surface area contributed by atoms with Crippen LogP contribution in [0.25, 0.3) is 0 Å². The van der Waals surface area contributed by atoms with Gasteiger partial charge in [-0.2, -0.15) is 0 Å². The summed E-state index contributed by atoms with van der Waals surface area (Å²) in [4.78, 5) is 26.7. The quantitative estimate of drug-likeness (QED) is 0.786. The second kappa shape index (κ2) is 8.96. The second-order valence-corrected chi connectivity index (χ2v) is 7.37. The number of carbonyl (C=O) groups excluding carboxylic acids is 2. The van der Waals surface area contributed by atoms with Crippen molar-refractivity contribution in [3.63, 3.8) is 0 Å². The first kappa shape index (κ1) is 19.3. The van der Waals surface area contributed by atoms with Crippen LogP contribution in [-0.2, 0) is 16.0 Å². The molecule has 0 bridgehead atoms. The fourth-order valence-electron chi connectivity index (χ4n) is 3.60. The lowest BCUT2D eigenvalue weighted by Gasteiger charge is -2.25. The van der Waals surface area contributed by atoms with Crippen molar-refractivity contribution in [3.8, 4) is 11.5 Å². The smallest absolute Gasteiger partial charge is 0.238 e. The van der Waals surface area contributed by atoms with Gasteiger partial charge >= 0.3 is 0 Å². The number of anilines is 2. The number of nitrogens with one attached hydrogen (secondary N) is 2. The van der Waals surface area contributed by atoms with E-state index in [9.17, 15) is 9.59 Å². The van der Waals surface area contributed by atoms with E-state index in [2.05, 4.69) is 15.5 Å². The Bertz CT molecular complexity index is 876. The molecule has 2 aromatic carbocycles. The van der Waals surface area contributed by atoms with Gasteiger partial charge in [-0.1, -0.05) is 12.5 Å². The molecule has 4 rings (SSSR count). The summed E-state index contributed by atoms with van der Waals surface area (Å²) in [5.41, 5.74) is 2.26. The third kappa shape index (κ3) is 5.26. The minimum atomic E-state index is -0.120. The van der Waals surface area contributed by atoms with Crippen molar-refractivity contribution in [2.24, 2.45) is 0 Å². The number of likely N-dealkylation sites (tertiary alicyclic amines) is 1. The van der Waals surface area contributed by atoms with E-state index in [-0.39, 0.29) is 25.0 Å². The average molecular weight is 395 g/mol. The van der Waals surface area contributed by atoms with Crippen LogP contribution in [0.3, 0.4) is 0 Å². The summed E-state index contributed by atoms with van der Waals surface area (Å²) in [5, 5.41) is 5.79. The normalized spacial score (nSPS) is 15.7. The maximum Gasteiger partial charge on any atom is 0.238 e. The summed E-state index contributed by atoms with van der Waals surface area (Å²) in [6.45, 7) is 2.61. The summed E-state index contributed by atoms with van der Waals surface area (Å²) >= 11 is 0. The molecule has 0 aliphatic carbocycles. The largest absolute Gasteiger partial charge is 0.454 e. The predicted octanol–water partition coefficient (Wildman–Crippen LogP) is 3.02. The average Bonchev–Trinajstić information content (AvgIpc) is 3.18. The van der Waals surface area contributed by atoms with Crippen molar-refractivity contribution in [2.45, 2.75) is 25.7 Å². The van der Waals surface area contributed by atoms with Crippen molar-refractivity contribution in [1.82, 2.24) is 4.90 Å². The summed E-state index contributed by atoms with van der Waals surface area (Å²) in [5.74, 6) is 1.24. The summed E-state index contributed by atoms with van der Waals surface area (Å²) < 4.78 is 10.6. The molecule has 29 heavy (non-hydrogen) atoms. The highest BCUT2D eigenvalue weighted by molar-refractivity contribution is 5.94. The van der Waals surface area contributed by atoms with Crippen LogP contribution in [0, 0.1) is 0 Å². The minimum Gasteiger partial charge on any atom is -0.454 e. The van der Waals surface area contributed by atoms with Crippen LogP contribution in [0.1, 0.15) is 24.8 Å². The Hall–Kier alpha value is -3.06. The van der Waals surface area contributed by atoms with E-state index in [1.807, 2.05) is 18.2 Å². The van der Waals surface area contributed by atoms with E-state index in [1.54, 1.807) is 24.3 Å². The molecule has 1 saturated heterocycles. The number of hydrogen-bond donors (Lipinski definition) is 2. The highest BCUT2D eigenvalue weighted by Gasteiger charge is 2.15. The molecule has 2 heterocycles. The summed E-state index contributed by atoms with van der Waals surface area (Å²) in [7, 11) is 0. The van der Waals surface area contributed by atoms with Crippen LogP contribution >= 0.6 is 0 Å². The second-order valence-electron chi connectivity index (χ2n) is 7.37. The third-order valence-corrected chi connectivity index (χ3v) is 5.07. The van der Waals surface area contributed by atoms with Gasteiger partial charge in [-0.15, -0.1) is 0 Å². The molecule has 1 fully saturated rings. The fraction of sp³-hybridized carbons (Fsp3) is 0.364. The number of nitrogens with zero attached hydrogens (tertiary/aromatic N) is 1. The van der Waals surface area contributed by atoms with Crippen LogP contribution in [0.15, 0.2) is 42.5 Å². The van der Waals surface area contributed by atoms with Crippen LogP contribution in [0.5, 0.6) is 11.5 Å². The van der Waals surface area contributed by atoms with E-state index < -0.39 is 0 Å². The van der Waals surface area contributed by atoms with E-state index in [4.69, 9.17) is 9.47 Å². The number of ether oxygens (including phenoxy) is 2. The molecule has 7 heteroatoms. The molecular formula is C22H25N3O4. The lowest BCUT2D eigenvalue weighted by atomic mass is 10.1. The monoisotopic (exact) mass is 395 g/mol. The zero-order valence-corrected chi connectivity index (χ0v) is 16.3. The van der Waals surface area contributed by atoms with Gasteiger partial charge in [-0.05, 0) is 67.9 Å². The van der Waals surface area contributed by atoms with Crippen LogP contribution in [0.4, 0.5) is 11.4 Å².